The van der Waals surface area contributed by atoms with E-state index in [4.69, 9.17) is 11.1 Å². The van der Waals surface area contributed by atoms with E-state index in [9.17, 15) is 14.0 Å². The molecule has 2 fully saturated rings. The first-order valence-electron chi connectivity index (χ1n) is 13.5. The Morgan fingerprint density at radius 2 is 1.80 bits per heavy atom. The van der Waals surface area contributed by atoms with Gasteiger partial charge in [-0.05, 0) is 84.5 Å². The van der Waals surface area contributed by atoms with Crippen molar-refractivity contribution in [3.8, 4) is 0 Å². The zero-order valence-corrected chi connectivity index (χ0v) is 23.3. The van der Waals surface area contributed by atoms with E-state index in [1.54, 1.807) is 6.20 Å². The molecule has 1 aliphatic heterocycles. The Hall–Kier alpha value is -4.11. The van der Waals surface area contributed by atoms with Gasteiger partial charge >= 0.3 is 0 Å². The Labute approximate surface area is 234 Å². The molecule has 40 heavy (non-hydrogen) atoms. The van der Waals surface area contributed by atoms with E-state index in [1.165, 1.54) is 25.7 Å². The Bertz CT molecular complexity index is 1430. The van der Waals surface area contributed by atoms with Gasteiger partial charge in [-0.2, -0.15) is 4.39 Å². The number of hydrogen-bond acceptors (Lipinski definition) is 7. The Morgan fingerprint density at radius 1 is 1.12 bits per heavy atom. The number of aldehydes is 1. The molecule has 210 valence electrons. The molecule has 2 atom stereocenters. The number of amides is 1. The predicted octanol–water partition coefficient (Wildman–Crippen LogP) is 3.98. The number of carbonyl (C=O) groups is 2. The van der Waals surface area contributed by atoms with E-state index < -0.39 is 17.4 Å². The fourth-order valence-corrected chi connectivity index (χ4v) is 5.29. The number of halogens is 1. The summed E-state index contributed by atoms with van der Waals surface area (Å²) in [6.07, 6.45) is 5.54. The van der Waals surface area contributed by atoms with Crippen LogP contribution in [0.5, 0.6) is 0 Å². The number of anilines is 1. The topological polar surface area (TPSA) is 124 Å². The number of fused-ring (bicyclic) bond motifs is 2. The molecule has 5 N–H and O–H groups in total. The van der Waals surface area contributed by atoms with Gasteiger partial charge in [-0.3, -0.25) is 10.2 Å². The molecular formula is C31H37FN6O2. The molecule has 5 rings (SSSR count). The minimum absolute atomic E-state index is 0.178. The van der Waals surface area contributed by atoms with Gasteiger partial charge in [0.25, 0.3) is 5.91 Å². The van der Waals surface area contributed by atoms with Crippen molar-refractivity contribution in [1.29, 1.82) is 5.41 Å². The highest BCUT2D eigenvalue weighted by atomic mass is 19.1. The van der Waals surface area contributed by atoms with Crippen LogP contribution in [0.25, 0.3) is 10.8 Å². The molecule has 9 heteroatoms. The Morgan fingerprint density at radius 3 is 2.40 bits per heavy atom. The summed E-state index contributed by atoms with van der Waals surface area (Å²) in [5.74, 6) is 0.654. The van der Waals surface area contributed by atoms with E-state index in [-0.39, 0.29) is 6.54 Å². The standard InChI is InChI=1S/C25H26FN5O2.C6H11N/c1-15-11-20-19(7-9-30-24(20)28)16(2)21(15)14-31-25(33)22(23(26)27)13-29-12-18-5-3-17(4-6-18)8-10-32;1-7-3-5-2-6(5)4-7/h3-7,9-11,13,27,29H,8,12,14H2,1-2H3,(H2,28,30)(H,31,33);5-6H,2-4H2,1H3/b22-13+,27-23?;. The molecule has 8 nitrogen and oxygen atoms in total. The predicted molar refractivity (Wildman–Crippen MR) is 157 cm³/mol. The van der Waals surface area contributed by atoms with Crippen molar-refractivity contribution < 1.29 is 14.0 Å². The highest BCUT2D eigenvalue weighted by Crippen LogP contribution is 2.44. The zero-order valence-electron chi connectivity index (χ0n) is 23.3. The third-order valence-electron chi connectivity index (χ3n) is 7.68. The molecule has 2 aromatic carbocycles. The molecule has 2 aliphatic rings. The van der Waals surface area contributed by atoms with Crippen LogP contribution in [-0.4, -0.2) is 48.2 Å². The summed E-state index contributed by atoms with van der Waals surface area (Å²) in [7, 11) is 2.21. The number of hydrogen-bond donors (Lipinski definition) is 4. The first-order chi connectivity index (χ1) is 19.2. The van der Waals surface area contributed by atoms with Crippen molar-refractivity contribution in [1.82, 2.24) is 20.5 Å². The summed E-state index contributed by atoms with van der Waals surface area (Å²) in [5, 5.41) is 14.7. The van der Waals surface area contributed by atoms with Crippen LogP contribution >= 0.6 is 0 Å². The van der Waals surface area contributed by atoms with Crippen molar-refractivity contribution in [3.63, 3.8) is 0 Å². The van der Waals surface area contributed by atoms with Crippen LogP contribution < -0.4 is 16.4 Å². The summed E-state index contributed by atoms with van der Waals surface area (Å²) < 4.78 is 13.8. The van der Waals surface area contributed by atoms with E-state index in [0.717, 1.165) is 56.7 Å². The SMILES string of the molecule is CN1CC2CC2C1.Cc1cc2c(N)nccc2c(C)c1CNC(=O)/C(=C/NCc1ccc(CC=O)cc1)C(=N)F. The van der Waals surface area contributed by atoms with Crippen LogP contribution in [-0.2, 0) is 29.1 Å². The minimum Gasteiger partial charge on any atom is -0.386 e. The van der Waals surface area contributed by atoms with Crippen LogP contribution in [0.1, 0.15) is 34.2 Å². The minimum atomic E-state index is -1.33. The maximum atomic E-state index is 13.8. The van der Waals surface area contributed by atoms with Crippen molar-refractivity contribution in [2.45, 2.75) is 39.8 Å². The maximum Gasteiger partial charge on any atom is 0.257 e. The van der Waals surface area contributed by atoms with E-state index >= 15 is 0 Å². The third-order valence-corrected chi connectivity index (χ3v) is 7.68. The lowest BCUT2D eigenvalue weighted by Crippen LogP contribution is -2.28. The highest BCUT2D eigenvalue weighted by molar-refractivity contribution is 6.16. The first-order valence-corrected chi connectivity index (χ1v) is 13.5. The van der Waals surface area contributed by atoms with Gasteiger partial charge in [0.1, 0.15) is 17.7 Å². The van der Waals surface area contributed by atoms with Gasteiger partial charge in [-0.1, -0.05) is 24.3 Å². The Kier molecular flexibility index (Phi) is 9.26. The monoisotopic (exact) mass is 544 g/mol. The lowest BCUT2D eigenvalue weighted by Gasteiger charge is -2.15. The molecule has 1 amide bonds. The lowest BCUT2D eigenvalue weighted by atomic mass is 9.96. The van der Waals surface area contributed by atoms with Gasteiger partial charge in [-0.15, -0.1) is 0 Å². The summed E-state index contributed by atoms with van der Waals surface area (Å²) in [4.78, 5) is 29.7. The van der Waals surface area contributed by atoms with Gasteiger partial charge < -0.3 is 26.1 Å². The number of pyridine rings is 1. The van der Waals surface area contributed by atoms with Crippen LogP contribution in [0.4, 0.5) is 10.2 Å². The quantitative estimate of drug-likeness (QED) is 0.184. The first kappa shape index (κ1) is 28.9. The van der Waals surface area contributed by atoms with Crippen molar-refractivity contribution in [2.75, 3.05) is 25.9 Å². The lowest BCUT2D eigenvalue weighted by molar-refractivity contribution is -0.117. The van der Waals surface area contributed by atoms with Crippen LogP contribution in [0.15, 0.2) is 54.4 Å². The highest BCUT2D eigenvalue weighted by Gasteiger charge is 2.43. The summed E-state index contributed by atoms with van der Waals surface area (Å²) in [6.45, 7) is 7.12. The van der Waals surface area contributed by atoms with Gasteiger partial charge in [0.2, 0.25) is 5.97 Å². The second-order valence-corrected chi connectivity index (χ2v) is 10.7. The number of nitrogens with two attached hydrogens (primary N) is 1. The van der Waals surface area contributed by atoms with Crippen LogP contribution in [0.2, 0.25) is 0 Å². The van der Waals surface area contributed by atoms with Crippen molar-refractivity contribution in [3.05, 3.63) is 82.2 Å². The van der Waals surface area contributed by atoms with Gasteiger partial charge in [0.15, 0.2) is 0 Å². The number of aromatic nitrogens is 1. The van der Waals surface area contributed by atoms with Gasteiger partial charge in [0.05, 0.1) is 0 Å². The second-order valence-electron chi connectivity index (χ2n) is 10.7. The number of likely N-dealkylation sites (tertiary alicyclic amines) is 1. The molecule has 1 aromatic heterocycles. The fourth-order valence-electron chi connectivity index (χ4n) is 5.29. The molecule has 1 saturated heterocycles. The molecular weight excluding hydrogens is 507 g/mol. The number of aryl methyl sites for hydroxylation is 2. The van der Waals surface area contributed by atoms with Crippen LogP contribution in [0, 0.1) is 31.1 Å². The summed E-state index contributed by atoms with van der Waals surface area (Å²) in [5.41, 5.74) is 10.2. The molecule has 1 aliphatic carbocycles. The number of nitrogens with zero attached hydrogens (tertiary/aromatic N) is 2. The second kappa shape index (κ2) is 12.8. The van der Waals surface area contributed by atoms with Crippen molar-refractivity contribution >= 4 is 34.7 Å². The zero-order chi connectivity index (χ0) is 28.8. The number of rotatable bonds is 9. The number of carbonyl (C=O) groups excluding carboxylic acids is 2. The molecule has 3 aromatic rings. The third kappa shape index (κ3) is 7.09. The molecule has 1 saturated carbocycles. The largest absolute Gasteiger partial charge is 0.386 e. The fraction of sp³-hybridized carbons (Fsp3) is 0.355. The molecule has 2 unspecified atom stereocenters. The number of nitrogen functional groups attached to an aromatic ring is 1. The maximum absolute atomic E-state index is 13.8. The normalized spacial score (nSPS) is 17.9. The summed E-state index contributed by atoms with van der Waals surface area (Å²) >= 11 is 0. The van der Waals surface area contributed by atoms with E-state index in [2.05, 4.69) is 27.6 Å². The Balaban J connectivity index is 0.000000451. The average Bonchev–Trinajstić information content (AvgIpc) is 3.54. The molecule has 2 heterocycles. The molecule has 0 radical (unpaired) electrons. The van der Waals surface area contributed by atoms with Gasteiger partial charge in [-0.25, -0.2) is 4.98 Å². The summed E-state index contributed by atoms with van der Waals surface area (Å²) in [6, 6.07) is 11.1. The molecule has 0 spiro atoms. The van der Waals surface area contributed by atoms with Crippen molar-refractivity contribution in [2.24, 2.45) is 11.8 Å². The number of piperidine rings is 1. The van der Waals surface area contributed by atoms with Crippen LogP contribution in [0.3, 0.4) is 0 Å². The smallest absolute Gasteiger partial charge is 0.257 e. The number of nitrogens with one attached hydrogen (secondary N) is 3. The van der Waals surface area contributed by atoms with E-state index in [0.29, 0.717) is 18.8 Å². The average molecular weight is 545 g/mol. The molecule has 0 bridgehead atoms. The number of benzene rings is 2. The van der Waals surface area contributed by atoms with E-state index in [1.807, 2.05) is 50.2 Å². The van der Waals surface area contributed by atoms with Gasteiger partial charge in [0, 0.05) is 50.4 Å².